The van der Waals surface area contributed by atoms with Gasteiger partial charge in [-0.3, -0.25) is 0 Å². The summed E-state index contributed by atoms with van der Waals surface area (Å²) in [5.74, 6) is 0.604. The average Bonchev–Trinajstić information content (AvgIpc) is 2.70. The quantitative estimate of drug-likeness (QED) is 0.627. The smallest absolute Gasteiger partial charge is 0.0534 e. The van der Waals surface area contributed by atoms with Gasteiger partial charge in [0, 0.05) is 11.1 Å². The van der Waals surface area contributed by atoms with E-state index in [1.165, 1.54) is 12.8 Å². The molecule has 1 aromatic rings. The van der Waals surface area contributed by atoms with Crippen LogP contribution in [0.1, 0.15) is 24.3 Å². The van der Waals surface area contributed by atoms with E-state index in [0.29, 0.717) is 10.9 Å². The lowest BCUT2D eigenvalue weighted by Gasteiger charge is -2.02. The minimum Gasteiger partial charge on any atom is -0.0840 e. The number of rotatable bonds is 1. The summed E-state index contributed by atoms with van der Waals surface area (Å²) in [5.41, 5.74) is 1.09. The molecule has 0 atom stereocenters. The lowest BCUT2D eigenvalue weighted by molar-refractivity contribution is 1.13. The van der Waals surface area contributed by atoms with Crippen molar-refractivity contribution in [3.05, 3.63) is 33.8 Å². The Morgan fingerprint density at radius 1 is 1.36 bits per heavy atom. The van der Waals surface area contributed by atoms with Crippen molar-refractivity contribution in [1.29, 1.82) is 0 Å². The minimum atomic E-state index is 0.604. The summed E-state index contributed by atoms with van der Waals surface area (Å²) in [7, 11) is 0. The van der Waals surface area contributed by atoms with Crippen LogP contribution in [-0.4, -0.2) is 0 Å². The van der Waals surface area contributed by atoms with Gasteiger partial charge < -0.3 is 0 Å². The van der Waals surface area contributed by atoms with Crippen molar-refractivity contribution in [2.45, 2.75) is 18.8 Å². The third-order valence-corrected chi connectivity index (χ3v) is 2.56. The van der Waals surface area contributed by atoms with Gasteiger partial charge >= 0.3 is 0 Å². The molecule has 0 bridgehead atoms. The highest BCUT2D eigenvalue weighted by atomic mass is 35.5. The molecule has 1 saturated carbocycles. The van der Waals surface area contributed by atoms with Gasteiger partial charge in [0.25, 0.3) is 0 Å². The van der Waals surface area contributed by atoms with E-state index < -0.39 is 0 Å². The van der Waals surface area contributed by atoms with Crippen LogP contribution in [0.4, 0.5) is 0 Å². The highest BCUT2D eigenvalue weighted by molar-refractivity contribution is 6.36. The molecule has 0 amide bonds. The molecule has 0 unspecified atom stereocenters. The Bertz CT molecular complexity index is 257. The van der Waals surface area contributed by atoms with Crippen molar-refractivity contribution in [2.24, 2.45) is 0 Å². The van der Waals surface area contributed by atoms with Crippen LogP contribution in [0.5, 0.6) is 0 Å². The second-order valence-corrected chi connectivity index (χ2v) is 3.61. The fourth-order valence-electron chi connectivity index (χ4n) is 1.21. The third-order valence-electron chi connectivity index (χ3n) is 1.92. The van der Waals surface area contributed by atoms with Gasteiger partial charge in [0.1, 0.15) is 0 Å². The fourth-order valence-corrected chi connectivity index (χ4v) is 1.89. The lowest BCUT2D eigenvalue weighted by atomic mass is 10.1. The van der Waals surface area contributed by atoms with Crippen molar-refractivity contribution >= 4 is 23.2 Å². The maximum Gasteiger partial charge on any atom is 0.0534 e. The molecule has 0 heterocycles. The first-order chi connectivity index (χ1) is 5.29. The third kappa shape index (κ3) is 1.38. The first-order valence-electron chi connectivity index (χ1n) is 3.64. The van der Waals surface area contributed by atoms with Crippen LogP contribution in [0.25, 0.3) is 0 Å². The molecule has 0 N–H and O–H groups in total. The molecule has 1 aliphatic rings. The van der Waals surface area contributed by atoms with Crippen molar-refractivity contribution in [3.63, 3.8) is 0 Å². The van der Waals surface area contributed by atoms with Crippen LogP contribution in [0.2, 0.25) is 10.0 Å². The van der Waals surface area contributed by atoms with Crippen LogP contribution < -0.4 is 0 Å². The van der Waals surface area contributed by atoms with E-state index in [1.807, 2.05) is 6.07 Å². The maximum absolute atomic E-state index is 5.96. The van der Waals surface area contributed by atoms with E-state index in [0.717, 1.165) is 10.6 Å². The van der Waals surface area contributed by atoms with E-state index in [-0.39, 0.29) is 0 Å². The number of halogens is 2. The van der Waals surface area contributed by atoms with Crippen LogP contribution in [-0.2, 0) is 0 Å². The first-order valence-corrected chi connectivity index (χ1v) is 4.40. The van der Waals surface area contributed by atoms with Gasteiger partial charge in [-0.15, -0.1) is 0 Å². The predicted molar refractivity (Wildman–Crippen MR) is 47.3 cm³/mol. The number of benzene rings is 1. The predicted octanol–water partition coefficient (Wildman–Crippen LogP) is 3.67. The molecule has 0 nitrogen and oxygen atoms in total. The van der Waals surface area contributed by atoms with Gasteiger partial charge in [-0.05, 0) is 30.4 Å². The molecule has 0 aromatic heterocycles. The zero-order valence-corrected chi connectivity index (χ0v) is 7.41. The van der Waals surface area contributed by atoms with Crippen molar-refractivity contribution in [1.82, 2.24) is 0 Å². The van der Waals surface area contributed by atoms with Gasteiger partial charge in [-0.25, -0.2) is 0 Å². The molecule has 2 rings (SSSR count). The molecule has 1 radical (unpaired) electrons. The molecule has 11 heavy (non-hydrogen) atoms. The van der Waals surface area contributed by atoms with Crippen LogP contribution in [0.3, 0.4) is 0 Å². The Balaban J connectivity index is 2.48. The van der Waals surface area contributed by atoms with Crippen molar-refractivity contribution in [3.8, 4) is 0 Å². The van der Waals surface area contributed by atoms with E-state index in [4.69, 9.17) is 23.2 Å². The summed E-state index contributed by atoms with van der Waals surface area (Å²) < 4.78 is 0. The van der Waals surface area contributed by atoms with Gasteiger partial charge in [-0.1, -0.05) is 29.3 Å². The normalized spacial score (nSPS) is 16.9. The molecule has 0 saturated heterocycles. The molecule has 0 aliphatic heterocycles. The summed E-state index contributed by atoms with van der Waals surface area (Å²) in [6.45, 7) is 0. The Hall–Kier alpha value is -0.200. The van der Waals surface area contributed by atoms with Gasteiger partial charge in [0.15, 0.2) is 0 Å². The van der Waals surface area contributed by atoms with E-state index in [9.17, 15) is 0 Å². The molecular weight excluding hydrogens is 179 g/mol. The summed E-state index contributed by atoms with van der Waals surface area (Å²) in [5, 5.41) is 1.48. The maximum atomic E-state index is 5.96. The highest BCUT2D eigenvalue weighted by Gasteiger charge is 2.27. The second-order valence-electron chi connectivity index (χ2n) is 2.83. The molecule has 2 heteroatoms. The largest absolute Gasteiger partial charge is 0.0840 e. The molecule has 57 valence electrons. The molecule has 1 fully saturated rings. The Morgan fingerprint density at radius 3 is 2.64 bits per heavy atom. The first kappa shape index (κ1) is 7.45. The summed E-state index contributed by atoms with van der Waals surface area (Å²) >= 11 is 11.9. The topological polar surface area (TPSA) is 0 Å². The van der Waals surface area contributed by atoms with Gasteiger partial charge in [0.2, 0.25) is 0 Å². The second kappa shape index (κ2) is 2.69. The summed E-state index contributed by atoms with van der Waals surface area (Å²) in [4.78, 5) is 0. The zero-order valence-electron chi connectivity index (χ0n) is 5.90. The van der Waals surface area contributed by atoms with Gasteiger partial charge in [-0.2, -0.15) is 0 Å². The van der Waals surface area contributed by atoms with Crippen molar-refractivity contribution < 1.29 is 0 Å². The van der Waals surface area contributed by atoms with Gasteiger partial charge in [0.05, 0.1) is 5.02 Å². The Morgan fingerprint density at radius 2 is 2.09 bits per heavy atom. The lowest BCUT2D eigenvalue weighted by Crippen LogP contribution is -1.82. The molecular formula is C9H7Cl2. The monoisotopic (exact) mass is 185 g/mol. The zero-order chi connectivity index (χ0) is 7.84. The standard InChI is InChI=1S/C9H7Cl2/c10-7-2-1-3-8(11)9(7)6-4-5-6/h1-2,6H,4-5H2. The molecule has 1 aliphatic carbocycles. The van der Waals surface area contributed by atoms with E-state index in [1.54, 1.807) is 6.07 Å². The van der Waals surface area contributed by atoms with Crippen LogP contribution >= 0.6 is 23.2 Å². The fraction of sp³-hybridized carbons (Fsp3) is 0.333. The number of hydrogen-bond donors (Lipinski definition) is 0. The molecule has 0 spiro atoms. The van der Waals surface area contributed by atoms with Crippen LogP contribution in [0.15, 0.2) is 12.1 Å². The number of hydrogen-bond acceptors (Lipinski definition) is 0. The Labute approximate surface area is 76.1 Å². The molecule has 1 aromatic carbocycles. The highest BCUT2D eigenvalue weighted by Crippen LogP contribution is 2.46. The van der Waals surface area contributed by atoms with Crippen molar-refractivity contribution in [2.75, 3.05) is 0 Å². The van der Waals surface area contributed by atoms with E-state index in [2.05, 4.69) is 6.07 Å². The minimum absolute atomic E-state index is 0.604. The Kier molecular flexibility index (Phi) is 1.82. The summed E-state index contributed by atoms with van der Waals surface area (Å²) in [6, 6.07) is 6.55. The summed E-state index contributed by atoms with van der Waals surface area (Å²) in [6.07, 6.45) is 2.44. The van der Waals surface area contributed by atoms with Crippen LogP contribution in [0, 0.1) is 6.07 Å². The van der Waals surface area contributed by atoms with E-state index >= 15 is 0 Å². The SMILES string of the molecule is Clc1[c]ccc(Cl)c1C1CC1. The average molecular weight is 186 g/mol.